The molecule has 0 spiro atoms. The molecule has 0 N–H and O–H groups in total. The molecule has 8 rings (SSSR count). The Kier molecular flexibility index (Phi) is 40.4. The Morgan fingerprint density at radius 3 is 0.600 bits per heavy atom. The number of aromatic nitrogens is 9. The molecule has 0 radical (unpaired) electrons. The molecule has 3 aromatic rings. The molecule has 3 aromatic heterocycles. The lowest BCUT2D eigenvalue weighted by Crippen LogP contribution is -2.63. The maximum absolute atomic E-state index is 6.19. The summed E-state index contributed by atoms with van der Waals surface area (Å²) in [5, 5.41) is 0. The average molecular weight is 1810 g/mol. The molecule has 0 amide bonds. The zero-order valence-corrected chi connectivity index (χ0v) is 90.5. The van der Waals surface area contributed by atoms with Crippen LogP contribution >= 0.6 is 0 Å². The van der Waals surface area contributed by atoms with Crippen LogP contribution in [0.5, 0.6) is 0 Å². The SMILES string of the molecule is C=C=C=CN(CCCC)c1nc(N(CCCC)CCCC)nc(N(CCCCCCN(c2nc(N(CCCC)C3CC(C)(C)N(C)C(C)(C)C3)nc(N(CCCCCCN(c3nc(N(CCCC)CCCC)nc(N(CCCC)CCCC)n3)C3CC(C)(C)N(C)C(C)(C)C3)C3CC(C)(C)N(C)C(C)(C)C3)n2)C2CC(C)(C)N(C)C(C)(C)C2)C2CC(C)(C)N(C)C(C)(C)C2)n1. The third-order valence-electron chi connectivity index (χ3n) is 32.4. The van der Waals surface area contributed by atoms with Crippen LogP contribution in [0, 0.1) is 0 Å². The highest BCUT2D eigenvalue weighted by molar-refractivity contribution is 5.52. The molecule has 5 fully saturated rings. The highest BCUT2D eigenvalue weighted by Crippen LogP contribution is 2.48. The summed E-state index contributed by atoms with van der Waals surface area (Å²) in [6.45, 7) is 82.3. The van der Waals surface area contributed by atoms with Crippen molar-refractivity contribution in [2.45, 2.75) is 498 Å². The van der Waals surface area contributed by atoms with Crippen LogP contribution in [0.25, 0.3) is 0 Å². The summed E-state index contributed by atoms with van der Waals surface area (Å²) in [7, 11) is 11.8. The summed E-state index contributed by atoms with van der Waals surface area (Å²) in [5.74, 6) is 7.39. The first-order chi connectivity index (χ1) is 61.1. The fourth-order valence-corrected chi connectivity index (χ4v) is 23.0. The lowest BCUT2D eigenvalue weighted by Gasteiger charge is -2.56. The fourth-order valence-electron chi connectivity index (χ4n) is 23.0. The fraction of sp³-hybridized carbons (Fsp3) is 0.879. The van der Waals surface area contributed by atoms with Crippen molar-refractivity contribution >= 4 is 53.5 Å². The van der Waals surface area contributed by atoms with E-state index in [2.05, 4.69) is 316 Å². The summed E-state index contributed by atoms with van der Waals surface area (Å²) in [6, 6.07) is 1.03. The van der Waals surface area contributed by atoms with Crippen molar-refractivity contribution in [2.24, 2.45) is 0 Å². The van der Waals surface area contributed by atoms with Gasteiger partial charge in [0.05, 0.1) is 6.20 Å². The van der Waals surface area contributed by atoms with Crippen LogP contribution in [0.3, 0.4) is 0 Å². The minimum atomic E-state index is -0.0922. The number of unbranched alkanes of at least 4 members (excludes halogenated alkanes) is 14. The van der Waals surface area contributed by atoms with Gasteiger partial charge in [0.2, 0.25) is 53.5 Å². The molecule has 0 unspecified atom stereocenters. The number of anilines is 9. The van der Waals surface area contributed by atoms with Gasteiger partial charge in [0.1, 0.15) is 0 Å². The van der Waals surface area contributed by atoms with Gasteiger partial charge in [0.25, 0.3) is 0 Å². The second kappa shape index (κ2) is 47.9. The molecule has 23 heteroatoms. The number of hydrogen-bond donors (Lipinski definition) is 0. The summed E-state index contributed by atoms with van der Waals surface area (Å²) in [6.07, 6.45) is 37.8. The zero-order chi connectivity index (χ0) is 96.2. The maximum atomic E-state index is 6.19. The monoisotopic (exact) mass is 1810 g/mol. The largest absolute Gasteiger partial charge is 0.341 e. The molecule has 0 aromatic carbocycles. The Hall–Kier alpha value is -5.67. The molecule has 5 aliphatic rings. The molecule has 742 valence electrons. The molecule has 0 bridgehead atoms. The van der Waals surface area contributed by atoms with Gasteiger partial charge in [-0.25, -0.2) is 0 Å². The quantitative estimate of drug-likeness (QED) is 0.0387. The Labute approximate surface area is 798 Å². The van der Waals surface area contributed by atoms with Crippen molar-refractivity contribution in [3.05, 3.63) is 24.2 Å². The number of piperidine rings is 5. The van der Waals surface area contributed by atoms with E-state index in [9.17, 15) is 0 Å². The van der Waals surface area contributed by atoms with Crippen LogP contribution in [-0.2, 0) is 0 Å². The van der Waals surface area contributed by atoms with E-state index in [1.165, 1.54) is 0 Å². The normalized spacial score (nSPS) is 20.7. The minimum absolute atomic E-state index is 0.0315. The van der Waals surface area contributed by atoms with Gasteiger partial charge in [0.15, 0.2) is 0 Å². The van der Waals surface area contributed by atoms with E-state index in [1.807, 2.05) is 6.20 Å². The summed E-state index contributed by atoms with van der Waals surface area (Å²) in [4.78, 5) is 88.4. The van der Waals surface area contributed by atoms with Crippen LogP contribution < -0.4 is 44.1 Å². The van der Waals surface area contributed by atoms with E-state index in [4.69, 9.17) is 44.9 Å². The van der Waals surface area contributed by atoms with Gasteiger partial charge in [-0.3, -0.25) is 24.5 Å². The van der Waals surface area contributed by atoms with Gasteiger partial charge in [-0.2, -0.15) is 44.9 Å². The molecule has 5 saturated heterocycles. The highest BCUT2D eigenvalue weighted by atomic mass is 15.5. The van der Waals surface area contributed by atoms with Crippen molar-refractivity contribution in [3.8, 4) is 0 Å². The van der Waals surface area contributed by atoms with Gasteiger partial charge >= 0.3 is 0 Å². The first kappa shape index (κ1) is 110. The average Bonchev–Trinajstić information content (AvgIpc) is 0.760. The zero-order valence-electron chi connectivity index (χ0n) is 90.5. The lowest BCUT2D eigenvalue weighted by atomic mass is 9.77. The van der Waals surface area contributed by atoms with Crippen molar-refractivity contribution in [2.75, 3.05) is 158 Å². The van der Waals surface area contributed by atoms with Gasteiger partial charge in [-0.1, -0.05) is 144 Å². The molecular weight excluding hydrogens is 1610 g/mol. The molecule has 23 nitrogen and oxygen atoms in total. The predicted octanol–water partition coefficient (Wildman–Crippen LogP) is 23.1. The van der Waals surface area contributed by atoms with Gasteiger partial charge in [-0.15, -0.1) is 0 Å². The number of rotatable bonds is 53. The smallest absolute Gasteiger partial charge is 0.236 e. The van der Waals surface area contributed by atoms with Crippen molar-refractivity contribution in [3.63, 3.8) is 0 Å². The third-order valence-corrected chi connectivity index (χ3v) is 32.4. The number of hydrogen-bond acceptors (Lipinski definition) is 23. The van der Waals surface area contributed by atoms with Crippen LogP contribution in [0.15, 0.2) is 24.2 Å². The Morgan fingerprint density at radius 2 is 0.400 bits per heavy atom. The van der Waals surface area contributed by atoms with Crippen molar-refractivity contribution in [1.29, 1.82) is 0 Å². The molecule has 8 heterocycles. The van der Waals surface area contributed by atoms with Crippen LogP contribution in [0.2, 0.25) is 0 Å². The Morgan fingerprint density at radius 1 is 0.238 bits per heavy atom. The predicted molar refractivity (Wildman–Crippen MR) is 558 cm³/mol. The van der Waals surface area contributed by atoms with E-state index in [1.54, 1.807) is 0 Å². The molecule has 0 atom stereocenters. The first-order valence-corrected chi connectivity index (χ1v) is 53.0. The van der Waals surface area contributed by atoms with Gasteiger partial charge in [0, 0.05) is 164 Å². The van der Waals surface area contributed by atoms with Gasteiger partial charge < -0.3 is 44.1 Å². The topological polar surface area (TPSA) is 161 Å². The minimum Gasteiger partial charge on any atom is -0.341 e. The number of nitrogens with zero attached hydrogens (tertiary/aromatic N) is 23. The maximum Gasteiger partial charge on any atom is 0.236 e. The van der Waals surface area contributed by atoms with Crippen molar-refractivity contribution in [1.82, 2.24) is 69.4 Å². The second-order valence-corrected chi connectivity index (χ2v) is 47.2. The van der Waals surface area contributed by atoms with E-state index >= 15 is 0 Å². The molecule has 130 heavy (non-hydrogen) atoms. The lowest BCUT2D eigenvalue weighted by molar-refractivity contribution is -0.0136. The van der Waals surface area contributed by atoms with Crippen LogP contribution in [0.1, 0.15) is 412 Å². The van der Waals surface area contributed by atoms with E-state index in [0.717, 1.165) is 344 Å². The van der Waals surface area contributed by atoms with Crippen LogP contribution in [0.4, 0.5) is 53.5 Å². The molecule has 5 aliphatic heterocycles. The van der Waals surface area contributed by atoms with E-state index in [0.29, 0.717) is 5.95 Å². The Bertz CT molecular complexity index is 3810. The van der Waals surface area contributed by atoms with Gasteiger partial charge in [-0.05, 0) is 322 Å². The second-order valence-electron chi connectivity index (χ2n) is 47.2. The number of likely N-dealkylation sites (tertiary alicyclic amines) is 5. The standard InChI is InChI=1S/C107H199N23/c1-35-44-61-122(62-45-36-2)89-108-90(123(63-46-37-3)64-47-38-4)111-93(110-89)127(85-76-100(14,15)118(31)101(16,17)77-85)70-57-53-55-59-72-129(87-80-104(22,23)120(33)105(24,25)81-87)96-114-95(126(69-52-43-9)84-74-98(10,11)117(30)99(12,13)75-84)115-97(116-96)130(88-82-106(26,27)121(34)107(28,29)83-88)73-60-56-54-58-71-128(86-78-102(18,19)119(32)103(20,21)79-86)94-112-91(124(65-48-39-5)66-49-40-6)109-92(113-94)125(67-50-41-7)68-51-42-8/h61,84-88H,1,36-43,45-60,62-83H2,2-34H3. The third kappa shape index (κ3) is 28.7. The van der Waals surface area contributed by atoms with E-state index < -0.39 is 0 Å². The van der Waals surface area contributed by atoms with Crippen molar-refractivity contribution < 1.29 is 0 Å². The molecule has 0 aliphatic carbocycles. The first-order valence-electron chi connectivity index (χ1n) is 53.0. The summed E-state index contributed by atoms with van der Waals surface area (Å²) in [5.41, 5.74) is 5.47. The highest BCUT2D eigenvalue weighted by Gasteiger charge is 2.52. The Balaban J connectivity index is 1.24. The van der Waals surface area contributed by atoms with E-state index in [-0.39, 0.29) is 85.6 Å². The summed E-state index contributed by atoms with van der Waals surface area (Å²) >= 11 is 0. The summed E-state index contributed by atoms with van der Waals surface area (Å²) < 4.78 is 0. The molecule has 0 saturated carbocycles. The van der Waals surface area contributed by atoms with Crippen LogP contribution in [-0.4, -0.2) is 269 Å². The molecular formula is C107H199N23.